The van der Waals surface area contributed by atoms with E-state index in [1.807, 2.05) is 12.1 Å². The Morgan fingerprint density at radius 2 is 1.51 bits per heavy atom. The lowest BCUT2D eigenvalue weighted by Gasteiger charge is -2.34. The summed E-state index contributed by atoms with van der Waals surface area (Å²) in [6, 6.07) is 26.7. The number of likely N-dealkylation sites (N-methyl/N-ethyl adjacent to an activating group) is 1. The molecule has 0 aromatic heterocycles. The third kappa shape index (κ3) is 6.30. The molecule has 1 fully saturated rings. The maximum Gasteiger partial charge on any atom is 0.257 e. The Labute approximate surface area is 255 Å². The highest BCUT2D eigenvalue weighted by Crippen LogP contribution is 2.33. The fourth-order valence-electron chi connectivity index (χ4n) is 5.18. The third-order valence-corrected chi connectivity index (χ3v) is 7.92. The summed E-state index contributed by atoms with van der Waals surface area (Å²) in [4.78, 5) is 43.5. The zero-order valence-electron chi connectivity index (χ0n) is 23.6. The van der Waals surface area contributed by atoms with E-state index in [4.69, 9.17) is 11.6 Å². The molecule has 0 bridgehead atoms. The number of halogens is 1. The molecule has 1 saturated heterocycles. The van der Waals surface area contributed by atoms with Crippen LogP contribution in [0.4, 0.5) is 22.7 Å². The van der Waals surface area contributed by atoms with Gasteiger partial charge in [-0.3, -0.25) is 14.4 Å². The molecule has 2 aliphatic rings. The Hall–Kier alpha value is -4.92. The van der Waals surface area contributed by atoms with Gasteiger partial charge in [0.2, 0.25) is 0 Å². The quantitative estimate of drug-likeness (QED) is 0.181. The second-order valence-electron chi connectivity index (χ2n) is 10.6. The molecule has 0 saturated carbocycles. The van der Waals surface area contributed by atoms with Crippen LogP contribution in [-0.2, 0) is 4.79 Å². The molecule has 216 valence electrons. The van der Waals surface area contributed by atoms with Crippen molar-refractivity contribution in [3.8, 4) is 0 Å². The van der Waals surface area contributed by atoms with Gasteiger partial charge in [-0.2, -0.15) is 0 Å². The summed E-state index contributed by atoms with van der Waals surface area (Å²) >= 11 is 5.91. The molecular formula is C34H30ClN5O3. The molecule has 43 heavy (non-hydrogen) atoms. The molecule has 4 aromatic carbocycles. The number of nitrogens with one attached hydrogen (secondary N) is 3. The van der Waals surface area contributed by atoms with Crippen LogP contribution in [0, 0.1) is 0 Å². The van der Waals surface area contributed by atoms with E-state index in [1.165, 1.54) is 5.69 Å². The van der Waals surface area contributed by atoms with Crippen LogP contribution in [0.5, 0.6) is 0 Å². The summed E-state index contributed by atoms with van der Waals surface area (Å²) in [6.45, 7) is 4.09. The SMILES string of the molecule is CN1CCN(c2ccc(NC=C3C(=O)Nc4cc(C(=O)c5cccc(NC(=O)c6ccc(Cl)cc6)c5)ccc43)cc2)CC1. The van der Waals surface area contributed by atoms with Crippen LogP contribution in [0.1, 0.15) is 31.8 Å². The van der Waals surface area contributed by atoms with Crippen molar-refractivity contribution in [1.29, 1.82) is 0 Å². The van der Waals surface area contributed by atoms with Gasteiger partial charge in [-0.05, 0) is 73.8 Å². The van der Waals surface area contributed by atoms with E-state index < -0.39 is 0 Å². The largest absolute Gasteiger partial charge is 0.369 e. The van der Waals surface area contributed by atoms with Crippen molar-refractivity contribution in [2.75, 3.05) is 54.1 Å². The molecule has 0 aliphatic carbocycles. The first-order valence-electron chi connectivity index (χ1n) is 14.0. The number of rotatable bonds is 7. The van der Waals surface area contributed by atoms with E-state index in [1.54, 1.807) is 72.9 Å². The topological polar surface area (TPSA) is 93.8 Å². The van der Waals surface area contributed by atoms with Crippen LogP contribution in [0.15, 0.2) is 97.2 Å². The smallest absolute Gasteiger partial charge is 0.257 e. The Morgan fingerprint density at radius 1 is 0.814 bits per heavy atom. The number of fused-ring (bicyclic) bond motifs is 1. The number of carbonyl (C=O) groups is 3. The zero-order valence-corrected chi connectivity index (χ0v) is 24.3. The standard InChI is InChI=1S/C34H30ClN5O3/c1-39-15-17-40(18-16-39)28-12-10-26(11-13-28)36-21-30-29-14-7-24(20-31(29)38-34(30)43)32(41)23-3-2-4-27(19-23)37-33(42)22-5-8-25(35)9-6-22/h2-14,19-21,36H,15-18H2,1H3,(H,37,42)(H,38,43). The van der Waals surface area contributed by atoms with Crippen molar-refractivity contribution in [2.45, 2.75) is 0 Å². The first-order chi connectivity index (χ1) is 20.8. The molecule has 2 amide bonds. The van der Waals surface area contributed by atoms with Gasteiger partial charge >= 0.3 is 0 Å². The number of benzene rings is 4. The minimum Gasteiger partial charge on any atom is -0.369 e. The fraction of sp³-hybridized carbons (Fsp3) is 0.147. The highest BCUT2D eigenvalue weighted by molar-refractivity contribution is 6.32. The highest BCUT2D eigenvalue weighted by atomic mass is 35.5. The number of piperazine rings is 1. The van der Waals surface area contributed by atoms with Gasteiger partial charge < -0.3 is 25.8 Å². The minimum absolute atomic E-state index is 0.226. The lowest BCUT2D eigenvalue weighted by atomic mass is 9.99. The Balaban J connectivity index is 1.13. The maximum absolute atomic E-state index is 13.4. The van der Waals surface area contributed by atoms with Gasteiger partial charge in [0, 0.05) is 82.4 Å². The number of hydrogen-bond acceptors (Lipinski definition) is 6. The monoisotopic (exact) mass is 591 g/mol. The summed E-state index contributed by atoms with van der Waals surface area (Å²) in [5.41, 5.74) is 5.62. The Bertz CT molecular complexity index is 1730. The van der Waals surface area contributed by atoms with Gasteiger partial charge in [-0.1, -0.05) is 35.9 Å². The van der Waals surface area contributed by atoms with Crippen molar-refractivity contribution in [3.63, 3.8) is 0 Å². The van der Waals surface area contributed by atoms with Gasteiger partial charge in [0.1, 0.15) is 0 Å². The second kappa shape index (κ2) is 12.1. The molecule has 2 heterocycles. The Kier molecular flexibility index (Phi) is 7.96. The van der Waals surface area contributed by atoms with Crippen molar-refractivity contribution < 1.29 is 14.4 Å². The van der Waals surface area contributed by atoms with Gasteiger partial charge in [-0.15, -0.1) is 0 Å². The summed E-state index contributed by atoms with van der Waals surface area (Å²) in [5, 5.41) is 9.46. The van der Waals surface area contributed by atoms with Crippen LogP contribution in [0.3, 0.4) is 0 Å². The average molecular weight is 592 g/mol. The van der Waals surface area contributed by atoms with Crippen molar-refractivity contribution in [2.24, 2.45) is 0 Å². The van der Waals surface area contributed by atoms with Crippen LogP contribution in [0.25, 0.3) is 5.57 Å². The molecule has 6 rings (SSSR count). The molecule has 0 spiro atoms. The third-order valence-electron chi connectivity index (χ3n) is 7.67. The maximum atomic E-state index is 13.4. The molecular weight excluding hydrogens is 562 g/mol. The molecule has 0 atom stereocenters. The lowest BCUT2D eigenvalue weighted by molar-refractivity contribution is -0.110. The number of amides is 2. The number of carbonyl (C=O) groups excluding carboxylic acids is 3. The molecule has 8 nitrogen and oxygen atoms in total. The second-order valence-corrected chi connectivity index (χ2v) is 11.1. The highest BCUT2D eigenvalue weighted by Gasteiger charge is 2.25. The Morgan fingerprint density at radius 3 is 2.26 bits per heavy atom. The number of hydrogen-bond donors (Lipinski definition) is 3. The van der Waals surface area contributed by atoms with Crippen molar-refractivity contribution >= 4 is 57.5 Å². The minimum atomic E-state index is -0.305. The summed E-state index contributed by atoms with van der Waals surface area (Å²) < 4.78 is 0. The van der Waals surface area contributed by atoms with E-state index in [0.717, 1.165) is 31.9 Å². The molecule has 2 aliphatic heterocycles. The normalized spacial score (nSPS) is 15.6. The number of nitrogens with zero attached hydrogens (tertiary/aromatic N) is 2. The first kappa shape index (κ1) is 28.2. The summed E-state index contributed by atoms with van der Waals surface area (Å²) in [6.07, 6.45) is 1.69. The van der Waals surface area contributed by atoms with Gasteiger partial charge in [0.25, 0.3) is 11.8 Å². The van der Waals surface area contributed by atoms with E-state index in [0.29, 0.717) is 44.2 Å². The lowest BCUT2D eigenvalue weighted by Crippen LogP contribution is -2.44. The zero-order chi connectivity index (χ0) is 29.9. The van der Waals surface area contributed by atoms with Crippen LogP contribution >= 0.6 is 11.6 Å². The predicted octanol–water partition coefficient (Wildman–Crippen LogP) is 5.98. The van der Waals surface area contributed by atoms with E-state index in [9.17, 15) is 14.4 Å². The molecule has 0 unspecified atom stereocenters. The van der Waals surface area contributed by atoms with E-state index in [-0.39, 0.29) is 17.6 Å². The first-order valence-corrected chi connectivity index (χ1v) is 14.4. The molecule has 0 radical (unpaired) electrons. The van der Waals surface area contributed by atoms with Gasteiger partial charge in [0.15, 0.2) is 5.78 Å². The van der Waals surface area contributed by atoms with Crippen molar-refractivity contribution in [1.82, 2.24) is 4.90 Å². The summed E-state index contributed by atoms with van der Waals surface area (Å²) in [7, 11) is 2.14. The average Bonchev–Trinajstić information content (AvgIpc) is 3.34. The molecule has 4 aromatic rings. The van der Waals surface area contributed by atoms with E-state index in [2.05, 4.69) is 44.9 Å². The predicted molar refractivity (Wildman–Crippen MR) is 172 cm³/mol. The summed E-state index contributed by atoms with van der Waals surface area (Å²) in [5.74, 6) is -0.774. The number of anilines is 4. The fourth-order valence-corrected chi connectivity index (χ4v) is 5.30. The van der Waals surface area contributed by atoms with Crippen LogP contribution in [0.2, 0.25) is 5.02 Å². The molecule has 9 heteroatoms. The van der Waals surface area contributed by atoms with Crippen LogP contribution in [-0.4, -0.2) is 55.7 Å². The van der Waals surface area contributed by atoms with E-state index >= 15 is 0 Å². The number of ketones is 1. The molecule has 3 N–H and O–H groups in total. The van der Waals surface area contributed by atoms with Gasteiger partial charge in [-0.25, -0.2) is 0 Å². The van der Waals surface area contributed by atoms with Crippen molar-refractivity contribution in [3.05, 3.63) is 124 Å². The van der Waals surface area contributed by atoms with Crippen LogP contribution < -0.4 is 20.9 Å². The van der Waals surface area contributed by atoms with Gasteiger partial charge in [0.05, 0.1) is 5.57 Å².